The maximum absolute atomic E-state index is 3.66. The van der Waals surface area contributed by atoms with Crippen LogP contribution < -0.4 is 0 Å². The Morgan fingerprint density at radius 3 is 1.83 bits per heavy atom. The van der Waals surface area contributed by atoms with Crippen molar-refractivity contribution in [2.24, 2.45) is 5.92 Å². The van der Waals surface area contributed by atoms with Crippen LogP contribution in [0.1, 0.15) is 88.5 Å². The van der Waals surface area contributed by atoms with Gasteiger partial charge in [-0.3, -0.25) is 9.78 Å². The van der Waals surface area contributed by atoms with Crippen molar-refractivity contribution in [3.05, 3.63) is 89.1 Å². The summed E-state index contributed by atoms with van der Waals surface area (Å²) in [5.74, 6) is 11.9. The SMILES string of the molecule is C.CC.CCC1CCC1(C)c1cccc(-c2ccccc2-n2[nH]cc2-c2c(C3CSCCSC3)cccc2C2CSCCSC2)c1C. The normalized spacial score (nSPS) is 22.3. The fourth-order valence-corrected chi connectivity index (χ4v) is 13.1. The van der Waals surface area contributed by atoms with Crippen LogP contribution in [0.3, 0.4) is 0 Å². The summed E-state index contributed by atoms with van der Waals surface area (Å²) in [6.45, 7) is 11.2. The van der Waals surface area contributed by atoms with E-state index in [-0.39, 0.29) is 7.43 Å². The second kappa shape index (κ2) is 16.9. The third kappa shape index (κ3) is 7.32. The van der Waals surface area contributed by atoms with Gasteiger partial charge in [-0.25, -0.2) is 0 Å². The highest BCUT2D eigenvalue weighted by atomic mass is 32.2. The average molecular weight is 705 g/mol. The van der Waals surface area contributed by atoms with Crippen LogP contribution in [-0.2, 0) is 5.41 Å². The van der Waals surface area contributed by atoms with Gasteiger partial charge in [-0.15, -0.1) is 0 Å². The number of hydrogen-bond donors (Lipinski definition) is 1. The van der Waals surface area contributed by atoms with Gasteiger partial charge in [0.1, 0.15) is 0 Å². The zero-order valence-corrected chi connectivity index (χ0v) is 31.7. The van der Waals surface area contributed by atoms with Crippen LogP contribution in [0.15, 0.2) is 66.9 Å². The summed E-state index contributed by atoms with van der Waals surface area (Å²) in [5.41, 5.74) is 13.2. The molecule has 2 nitrogen and oxygen atoms in total. The topological polar surface area (TPSA) is 20.7 Å². The van der Waals surface area contributed by atoms with E-state index in [1.54, 1.807) is 16.7 Å². The van der Waals surface area contributed by atoms with E-state index in [1.165, 1.54) is 98.9 Å². The smallest absolute Gasteiger partial charge is 0.0884 e. The molecule has 254 valence electrons. The summed E-state index contributed by atoms with van der Waals surface area (Å²) in [4.78, 5) is 0. The number of H-pyrrole nitrogens is 1. The fourth-order valence-electron chi connectivity index (χ4n) is 7.97. The van der Waals surface area contributed by atoms with Crippen molar-refractivity contribution in [2.75, 3.05) is 46.0 Å². The molecule has 3 heterocycles. The third-order valence-electron chi connectivity index (χ3n) is 10.6. The summed E-state index contributed by atoms with van der Waals surface area (Å²) < 4.78 is 2.40. The van der Waals surface area contributed by atoms with Gasteiger partial charge in [0.2, 0.25) is 0 Å². The molecule has 7 rings (SSSR count). The number of hydrogen-bond acceptors (Lipinski definition) is 4. The van der Waals surface area contributed by atoms with Gasteiger partial charge in [-0.1, -0.05) is 96.1 Å². The number of nitrogens with one attached hydrogen (secondary N) is 1. The Hall–Kier alpha value is -1.60. The summed E-state index contributed by atoms with van der Waals surface area (Å²) >= 11 is 8.57. The highest BCUT2D eigenvalue weighted by Crippen LogP contribution is 2.52. The van der Waals surface area contributed by atoms with Gasteiger partial charge in [-0.2, -0.15) is 47.0 Å². The number of rotatable bonds is 7. The highest BCUT2D eigenvalue weighted by Gasteiger charge is 2.43. The molecule has 2 saturated heterocycles. The molecule has 0 amide bonds. The molecule has 1 aromatic heterocycles. The van der Waals surface area contributed by atoms with E-state index in [1.807, 2.05) is 13.8 Å². The van der Waals surface area contributed by atoms with E-state index in [9.17, 15) is 0 Å². The second-order valence-corrected chi connectivity index (χ2v) is 17.7. The Bertz CT molecular complexity index is 1530. The van der Waals surface area contributed by atoms with Gasteiger partial charge < -0.3 is 0 Å². The van der Waals surface area contributed by atoms with Crippen LogP contribution in [-0.4, -0.2) is 55.8 Å². The fraction of sp³-hybridized carbons (Fsp3) is 0.512. The van der Waals surface area contributed by atoms with Crippen molar-refractivity contribution >= 4 is 47.0 Å². The zero-order valence-electron chi connectivity index (χ0n) is 28.4. The van der Waals surface area contributed by atoms with Gasteiger partial charge >= 0.3 is 0 Å². The van der Waals surface area contributed by atoms with E-state index >= 15 is 0 Å². The van der Waals surface area contributed by atoms with E-state index in [2.05, 4.69) is 144 Å². The molecule has 3 aromatic carbocycles. The molecule has 4 aromatic rings. The molecule has 47 heavy (non-hydrogen) atoms. The summed E-state index contributed by atoms with van der Waals surface area (Å²) in [6.07, 6.45) is 6.20. The minimum atomic E-state index is 0. The molecule has 0 spiro atoms. The van der Waals surface area contributed by atoms with E-state index in [0.29, 0.717) is 17.3 Å². The number of aromatic nitrogens is 2. The van der Waals surface area contributed by atoms with Gasteiger partial charge in [0.15, 0.2) is 0 Å². The minimum Gasteiger partial charge on any atom is -0.299 e. The number of aromatic amines is 1. The summed E-state index contributed by atoms with van der Waals surface area (Å²) in [5, 5.41) is 3.66. The molecule has 2 unspecified atom stereocenters. The molecule has 0 bridgehead atoms. The molecule has 1 N–H and O–H groups in total. The Morgan fingerprint density at radius 1 is 0.766 bits per heavy atom. The van der Waals surface area contributed by atoms with Gasteiger partial charge in [0.25, 0.3) is 0 Å². The minimum absolute atomic E-state index is 0. The van der Waals surface area contributed by atoms with Crippen LogP contribution >= 0.6 is 47.0 Å². The highest BCUT2D eigenvalue weighted by molar-refractivity contribution is 8.04. The lowest BCUT2D eigenvalue weighted by molar-refractivity contribution is 0.135. The maximum atomic E-state index is 3.66. The first-order valence-corrected chi connectivity index (χ1v) is 22.1. The van der Waals surface area contributed by atoms with Crippen molar-refractivity contribution in [1.82, 2.24) is 9.78 Å². The molecule has 1 aliphatic carbocycles. The Morgan fingerprint density at radius 2 is 1.32 bits per heavy atom. The predicted molar refractivity (Wildman–Crippen MR) is 219 cm³/mol. The van der Waals surface area contributed by atoms with Crippen LogP contribution in [0, 0.1) is 12.8 Å². The lowest BCUT2D eigenvalue weighted by atomic mass is 9.56. The van der Waals surface area contributed by atoms with E-state index in [4.69, 9.17) is 0 Å². The molecule has 2 aliphatic heterocycles. The van der Waals surface area contributed by atoms with Crippen molar-refractivity contribution in [2.45, 2.75) is 78.6 Å². The van der Waals surface area contributed by atoms with Gasteiger partial charge in [0, 0.05) is 75.2 Å². The molecular weight excluding hydrogens is 649 g/mol. The molecule has 1 saturated carbocycles. The van der Waals surface area contributed by atoms with Gasteiger partial charge in [-0.05, 0) is 65.0 Å². The molecular formula is C41H56N2S4. The van der Waals surface area contributed by atoms with Crippen LogP contribution in [0.5, 0.6) is 0 Å². The summed E-state index contributed by atoms with van der Waals surface area (Å²) in [7, 11) is 0. The van der Waals surface area contributed by atoms with Crippen LogP contribution in [0.25, 0.3) is 28.1 Å². The average Bonchev–Trinajstić information content (AvgIpc) is 3.52. The molecule has 3 aliphatic rings. The number of para-hydroxylation sites is 1. The first-order valence-electron chi connectivity index (χ1n) is 17.5. The molecule has 6 heteroatoms. The predicted octanol–water partition coefficient (Wildman–Crippen LogP) is 12.3. The van der Waals surface area contributed by atoms with Crippen LogP contribution in [0.2, 0.25) is 0 Å². The van der Waals surface area contributed by atoms with Crippen molar-refractivity contribution < 1.29 is 0 Å². The second-order valence-electron chi connectivity index (χ2n) is 13.1. The number of nitrogens with zero attached hydrogens (tertiary/aromatic N) is 1. The quantitative estimate of drug-likeness (QED) is 0.207. The summed E-state index contributed by atoms with van der Waals surface area (Å²) in [6, 6.07) is 23.4. The van der Waals surface area contributed by atoms with E-state index in [0.717, 1.165) is 5.92 Å². The molecule has 3 fully saturated rings. The number of thioether (sulfide) groups is 4. The Kier molecular flexibility index (Phi) is 13.2. The van der Waals surface area contributed by atoms with E-state index < -0.39 is 0 Å². The van der Waals surface area contributed by atoms with Crippen LogP contribution in [0.4, 0.5) is 0 Å². The first-order chi connectivity index (χ1) is 22.6. The molecule has 2 atom stereocenters. The lowest BCUT2D eigenvalue weighted by Crippen LogP contribution is -2.41. The third-order valence-corrected chi connectivity index (χ3v) is 15.7. The van der Waals surface area contributed by atoms with Gasteiger partial charge in [0.05, 0.1) is 11.4 Å². The number of benzene rings is 3. The standard InChI is InChI=1S/C38H46N2S4.C2H6.CH4/c1-4-29-15-16-38(29,3)34-13-8-10-30(26(34)2)33-9-5-6-14-35(33)40-36(21-39-40)37-31(27-22-41-17-18-42-23-27)11-7-12-32(37)28-24-43-19-20-44-25-28;1-2;/h5-14,21,27-29,39H,4,15-20,22-25H2,1-3H3;1-2H3;1H4. The van der Waals surface area contributed by atoms with Crippen molar-refractivity contribution in [3.8, 4) is 28.1 Å². The van der Waals surface area contributed by atoms with Crippen molar-refractivity contribution in [1.29, 1.82) is 0 Å². The zero-order chi connectivity index (χ0) is 32.1. The molecule has 0 radical (unpaired) electrons. The van der Waals surface area contributed by atoms with Crippen molar-refractivity contribution in [3.63, 3.8) is 0 Å². The lowest BCUT2D eigenvalue weighted by Gasteiger charge is -2.48. The Balaban J connectivity index is 0.00000142. The Labute approximate surface area is 302 Å². The largest absolute Gasteiger partial charge is 0.299 e. The maximum Gasteiger partial charge on any atom is 0.0884 e. The first kappa shape index (κ1) is 36.7. The monoisotopic (exact) mass is 704 g/mol.